The van der Waals surface area contributed by atoms with E-state index in [0.29, 0.717) is 23.4 Å². The third-order valence-electron chi connectivity index (χ3n) is 2.85. The maximum absolute atomic E-state index is 11.9. The van der Waals surface area contributed by atoms with Crippen LogP contribution in [0.2, 0.25) is 0 Å². The van der Waals surface area contributed by atoms with E-state index in [9.17, 15) is 9.90 Å². The number of benzene rings is 1. The molecule has 0 aliphatic rings. The Kier molecular flexibility index (Phi) is 4.24. The molecule has 0 spiro atoms. The molecule has 0 aliphatic carbocycles. The molecule has 0 aliphatic heterocycles. The van der Waals surface area contributed by atoms with Gasteiger partial charge in [0.25, 0.3) is 5.56 Å². The van der Waals surface area contributed by atoms with Crippen molar-refractivity contribution in [2.75, 3.05) is 12.4 Å². The Balaban J connectivity index is 2.33. The Morgan fingerprint density at radius 3 is 2.80 bits per heavy atom. The van der Waals surface area contributed by atoms with Crippen LogP contribution < -0.4 is 15.6 Å². The SMILES string of the molecule is CCCc1c(O)nc(Nc2ccccc2OC)[nH]c1=O. The summed E-state index contributed by atoms with van der Waals surface area (Å²) in [6, 6.07) is 7.23. The average Bonchev–Trinajstić information content (AvgIpc) is 2.43. The fraction of sp³-hybridized carbons (Fsp3) is 0.286. The van der Waals surface area contributed by atoms with Crippen molar-refractivity contribution in [1.29, 1.82) is 0 Å². The molecule has 2 aromatic rings. The summed E-state index contributed by atoms with van der Waals surface area (Å²) >= 11 is 0. The van der Waals surface area contributed by atoms with Crippen LogP contribution in [0.3, 0.4) is 0 Å². The summed E-state index contributed by atoms with van der Waals surface area (Å²) in [7, 11) is 1.55. The molecule has 0 atom stereocenters. The van der Waals surface area contributed by atoms with Gasteiger partial charge in [-0.05, 0) is 18.6 Å². The van der Waals surface area contributed by atoms with Crippen LogP contribution in [0.15, 0.2) is 29.1 Å². The molecule has 20 heavy (non-hydrogen) atoms. The van der Waals surface area contributed by atoms with Crippen molar-refractivity contribution in [2.24, 2.45) is 0 Å². The van der Waals surface area contributed by atoms with Crippen LogP contribution in [0.4, 0.5) is 11.6 Å². The summed E-state index contributed by atoms with van der Waals surface area (Å²) in [6.45, 7) is 1.93. The number of nitrogens with zero attached hydrogens (tertiary/aromatic N) is 1. The van der Waals surface area contributed by atoms with Gasteiger partial charge < -0.3 is 15.2 Å². The molecule has 1 aromatic heterocycles. The van der Waals surface area contributed by atoms with E-state index < -0.39 is 0 Å². The first kappa shape index (κ1) is 13.9. The standard InChI is InChI=1S/C14H17N3O3/c1-3-6-9-12(18)16-14(17-13(9)19)15-10-7-4-5-8-11(10)20-2/h4-5,7-8H,3,6H2,1-2H3,(H3,15,16,17,18,19). The van der Waals surface area contributed by atoms with E-state index >= 15 is 0 Å². The molecule has 1 heterocycles. The maximum atomic E-state index is 11.9. The van der Waals surface area contributed by atoms with Crippen molar-refractivity contribution in [3.05, 3.63) is 40.2 Å². The quantitative estimate of drug-likeness (QED) is 0.778. The fourth-order valence-electron chi connectivity index (χ4n) is 1.90. The molecular weight excluding hydrogens is 258 g/mol. The lowest BCUT2D eigenvalue weighted by molar-refractivity contribution is 0.416. The highest BCUT2D eigenvalue weighted by molar-refractivity contribution is 5.62. The second-order valence-electron chi connectivity index (χ2n) is 4.29. The van der Waals surface area contributed by atoms with Crippen LogP contribution in [-0.2, 0) is 6.42 Å². The van der Waals surface area contributed by atoms with Crippen molar-refractivity contribution in [3.8, 4) is 11.6 Å². The summed E-state index contributed by atoms with van der Waals surface area (Å²) in [6.07, 6.45) is 1.25. The molecule has 1 aromatic carbocycles. The lowest BCUT2D eigenvalue weighted by Crippen LogP contribution is -2.16. The van der Waals surface area contributed by atoms with Gasteiger partial charge in [-0.25, -0.2) is 0 Å². The van der Waals surface area contributed by atoms with Gasteiger partial charge in [0, 0.05) is 0 Å². The number of nitrogens with one attached hydrogen (secondary N) is 2. The molecule has 6 heteroatoms. The van der Waals surface area contributed by atoms with Crippen molar-refractivity contribution in [2.45, 2.75) is 19.8 Å². The van der Waals surface area contributed by atoms with Gasteiger partial charge in [0.1, 0.15) is 5.75 Å². The van der Waals surface area contributed by atoms with Gasteiger partial charge >= 0.3 is 0 Å². The lowest BCUT2D eigenvalue weighted by atomic mass is 10.2. The monoisotopic (exact) mass is 275 g/mol. The zero-order valence-electron chi connectivity index (χ0n) is 11.4. The highest BCUT2D eigenvalue weighted by Gasteiger charge is 2.11. The number of hydrogen-bond acceptors (Lipinski definition) is 5. The van der Waals surface area contributed by atoms with Gasteiger partial charge in [0.2, 0.25) is 11.8 Å². The first-order valence-electron chi connectivity index (χ1n) is 6.38. The fourth-order valence-corrected chi connectivity index (χ4v) is 1.90. The van der Waals surface area contributed by atoms with Crippen molar-refractivity contribution in [3.63, 3.8) is 0 Å². The third kappa shape index (κ3) is 2.90. The smallest absolute Gasteiger partial charge is 0.259 e. The molecule has 0 fully saturated rings. The van der Waals surface area contributed by atoms with E-state index in [4.69, 9.17) is 4.74 Å². The molecule has 0 unspecified atom stereocenters. The Morgan fingerprint density at radius 2 is 2.15 bits per heavy atom. The van der Waals surface area contributed by atoms with E-state index in [1.165, 1.54) is 0 Å². The van der Waals surface area contributed by atoms with Crippen LogP contribution >= 0.6 is 0 Å². The number of methoxy groups -OCH3 is 1. The van der Waals surface area contributed by atoms with Gasteiger partial charge in [0.15, 0.2) is 0 Å². The molecule has 6 nitrogen and oxygen atoms in total. The molecule has 0 amide bonds. The number of aromatic hydroxyl groups is 1. The number of ether oxygens (including phenoxy) is 1. The van der Waals surface area contributed by atoms with E-state index in [2.05, 4.69) is 15.3 Å². The number of hydrogen-bond donors (Lipinski definition) is 3. The number of anilines is 2. The maximum Gasteiger partial charge on any atom is 0.259 e. The number of rotatable bonds is 5. The first-order chi connectivity index (χ1) is 9.65. The van der Waals surface area contributed by atoms with Crippen LogP contribution in [-0.4, -0.2) is 22.2 Å². The molecule has 2 rings (SSSR count). The average molecular weight is 275 g/mol. The lowest BCUT2D eigenvalue weighted by Gasteiger charge is -2.10. The third-order valence-corrected chi connectivity index (χ3v) is 2.85. The van der Waals surface area contributed by atoms with Gasteiger partial charge in [-0.2, -0.15) is 4.98 Å². The van der Waals surface area contributed by atoms with Gasteiger partial charge in [-0.3, -0.25) is 9.78 Å². The molecule has 0 radical (unpaired) electrons. The number of aromatic nitrogens is 2. The second-order valence-corrected chi connectivity index (χ2v) is 4.29. The first-order valence-corrected chi connectivity index (χ1v) is 6.38. The predicted molar refractivity (Wildman–Crippen MR) is 76.8 cm³/mol. The van der Waals surface area contributed by atoms with Crippen LogP contribution in [0.5, 0.6) is 11.6 Å². The Labute approximate surface area is 116 Å². The molecule has 106 valence electrons. The van der Waals surface area contributed by atoms with Gasteiger partial charge in [0.05, 0.1) is 18.4 Å². The molecule has 0 saturated heterocycles. The highest BCUT2D eigenvalue weighted by Crippen LogP contribution is 2.25. The molecule has 0 bridgehead atoms. The van der Waals surface area contributed by atoms with E-state index in [1.54, 1.807) is 19.2 Å². The molecule has 0 saturated carbocycles. The normalized spacial score (nSPS) is 10.3. The zero-order chi connectivity index (χ0) is 14.5. The largest absolute Gasteiger partial charge is 0.495 e. The zero-order valence-corrected chi connectivity index (χ0v) is 11.4. The molecular formula is C14H17N3O3. The summed E-state index contributed by atoms with van der Waals surface area (Å²) < 4.78 is 5.20. The van der Waals surface area contributed by atoms with Crippen molar-refractivity contribution >= 4 is 11.6 Å². The number of aromatic amines is 1. The van der Waals surface area contributed by atoms with E-state index in [0.717, 1.165) is 6.42 Å². The summed E-state index contributed by atoms with van der Waals surface area (Å²) in [5.41, 5.74) is 0.621. The number of H-pyrrole nitrogens is 1. The minimum atomic E-state index is -0.336. The Morgan fingerprint density at radius 1 is 1.40 bits per heavy atom. The van der Waals surface area contributed by atoms with Gasteiger partial charge in [-0.1, -0.05) is 25.5 Å². The van der Waals surface area contributed by atoms with Gasteiger partial charge in [-0.15, -0.1) is 0 Å². The highest BCUT2D eigenvalue weighted by atomic mass is 16.5. The van der Waals surface area contributed by atoms with Crippen molar-refractivity contribution < 1.29 is 9.84 Å². The minimum absolute atomic E-state index is 0.178. The van der Waals surface area contributed by atoms with Crippen LogP contribution in [0, 0.1) is 0 Å². The van der Waals surface area contributed by atoms with E-state index in [1.807, 2.05) is 19.1 Å². The summed E-state index contributed by atoms with van der Waals surface area (Å²) in [5.74, 6) is 0.553. The Hall–Kier alpha value is -2.50. The van der Waals surface area contributed by atoms with Crippen LogP contribution in [0.1, 0.15) is 18.9 Å². The topological polar surface area (TPSA) is 87.2 Å². The Bertz CT molecular complexity index is 652. The minimum Gasteiger partial charge on any atom is -0.495 e. The summed E-state index contributed by atoms with van der Waals surface area (Å²) in [5, 5.41) is 12.7. The second kappa shape index (κ2) is 6.10. The van der Waals surface area contributed by atoms with Crippen LogP contribution in [0.25, 0.3) is 0 Å². The molecule has 3 N–H and O–H groups in total. The predicted octanol–water partition coefficient (Wildman–Crippen LogP) is 2.18. The van der Waals surface area contributed by atoms with E-state index in [-0.39, 0.29) is 17.4 Å². The van der Waals surface area contributed by atoms with Crippen molar-refractivity contribution in [1.82, 2.24) is 9.97 Å². The number of para-hydroxylation sites is 2. The summed E-state index contributed by atoms with van der Waals surface area (Å²) in [4.78, 5) is 18.4.